The second kappa shape index (κ2) is 7.90. The van der Waals surface area contributed by atoms with Gasteiger partial charge in [0.1, 0.15) is 5.54 Å². The number of carbonyl (C=O) groups excluding carboxylic acids is 1. The van der Waals surface area contributed by atoms with E-state index in [1.807, 2.05) is 0 Å². The minimum atomic E-state index is -4.52. The Kier molecular flexibility index (Phi) is 5.69. The summed E-state index contributed by atoms with van der Waals surface area (Å²) in [7, 11) is 0. The van der Waals surface area contributed by atoms with Crippen molar-refractivity contribution in [1.29, 1.82) is 0 Å². The molecule has 1 heterocycles. The number of amides is 2. The Morgan fingerprint density at radius 2 is 1.93 bits per heavy atom. The Hall–Kier alpha value is -2.82. The lowest BCUT2D eigenvalue weighted by molar-refractivity contribution is -0.137. The van der Waals surface area contributed by atoms with Crippen LogP contribution in [0.3, 0.4) is 0 Å². The van der Waals surface area contributed by atoms with E-state index in [2.05, 4.69) is 36.9 Å². The van der Waals surface area contributed by atoms with Gasteiger partial charge in [0.15, 0.2) is 0 Å². The summed E-state index contributed by atoms with van der Waals surface area (Å²) >= 11 is 3.03. The third-order valence-corrected chi connectivity index (χ3v) is 4.84. The zero-order valence-electron chi connectivity index (χ0n) is 14.8. The van der Waals surface area contributed by atoms with Crippen LogP contribution in [-0.4, -0.2) is 27.6 Å². The lowest BCUT2D eigenvalue weighted by Crippen LogP contribution is -2.48. The Morgan fingerprint density at radius 1 is 1.21 bits per heavy atom. The van der Waals surface area contributed by atoms with Gasteiger partial charge in [0, 0.05) is 4.47 Å². The van der Waals surface area contributed by atoms with Crippen molar-refractivity contribution < 1.29 is 27.9 Å². The van der Waals surface area contributed by atoms with Crippen molar-refractivity contribution >= 4 is 39.3 Å². The maximum absolute atomic E-state index is 13.2. The number of carboxylic acid groups (broad SMARTS) is 1. The van der Waals surface area contributed by atoms with Gasteiger partial charge in [0.05, 0.1) is 35.4 Å². The standard InChI is InChI=1S/C18H16BrF3N4O3/c19-10-1-4-14(13(7-10)18(20,21)22)25-12-3-2-11(23-9-12)8-24-15(27)17(5-6-17)26-16(28)29/h1-4,7,9,25-26H,5-6,8H2,(H,24,27)(H,28,29). The van der Waals surface area contributed by atoms with E-state index in [0.29, 0.717) is 28.7 Å². The highest BCUT2D eigenvalue weighted by Crippen LogP contribution is 2.38. The molecule has 3 rings (SSSR count). The minimum absolute atomic E-state index is 0.0637. The Balaban J connectivity index is 1.63. The maximum Gasteiger partial charge on any atom is 0.418 e. The molecule has 2 aromatic rings. The fraction of sp³-hybridized carbons (Fsp3) is 0.278. The largest absolute Gasteiger partial charge is 0.465 e. The normalized spacial score (nSPS) is 14.8. The molecule has 0 saturated heterocycles. The first-order chi connectivity index (χ1) is 13.6. The average molecular weight is 473 g/mol. The molecular formula is C18H16BrF3N4O3. The summed E-state index contributed by atoms with van der Waals surface area (Å²) in [5, 5.41) is 16.3. The van der Waals surface area contributed by atoms with Gasteiger partial charge in [-0.15, -0.1) is 0 Å². The lowest BCUT2D eigenvalue weighted by atomic mass is 10.1. The minimum Gasteiger partial charge on any atom is -0.465 e. The molecule has 1 saturated carbocycles. The maximum atomic E-state index is 13.2. The van der Waals surface area contributed by atoms with E-state index in [0.717, 1.165) is 6.07 Å². The second-order valence-electron chi connectivity index (χ2n) is 6.55. The quantitative estimate of drug-likeness (QED) is 0.508. The van der Waals surface area contributed by atoms with E-state index in [4.69, 9.17) is 5.11 Å². The van der Waals surface area contributed by atoms with Gasteiger partial charge in [-0.1, -0.05) is 15.9 Å². The van der Waals surface area contributed by atoms with Gasteiger partial charge in [-0.3, -0.25) is 9.78 Å². The first kappa shape index (κ1) is 20.9. The SMILES string of the molecule is O=C(O)NC1(C(=O)NCc2ccc(Nc3ccc(Br)cc3C(F)(F)F)cn2)CC1. The molecule has 0 bridgehead atoms. The van der Waals surface area contributed by atoms with Crippen molar-refractivity contribution in [3.8, 4) is 0 Å². The van der Waals surface area contributed by atoms with Gasteiger partial charge in [0.25, 0.3) is 0 Å². The van der Waals surface area contributed by atoms with Crippen LogP contribution in [0.2, 0.25) is 0 Å². The highest BCUT2D eigenvalue weighted by Gasteiger charge is 2.51. The monoisotopic (exact) mass is 472 g/mol. The highest BCUT2D eigenvalue weighted by molar-refractivity contribution is 9.10. The number of hydrogen-bond donors (Lipinski definition) is 4. The molecule has 29 heavy (non-hydrogen) atoms. The summed E-state index contributed by atoms with van der Waals surface area (Å²) in [5.41, 5.74) is -1.19. The van der Waals surface area contributed by atoms with E-state index >= 15 is 0 Å². The van der Waals surface area contributed by atoms with Crippen LogP contribution in [0.15, 0.2) is 41.0 Å². The number of nitrogens with zero attached hydrogens (tertiary/aromatic N) is 1. The molecule has 0 aliphatic heterocycles. The van der Waals surface area contributed by atoms with Gasteiger partial charge in [-0.2, -0.15) is 13.2 Å². The summed E-state index contributed by atoms with van der Waals surface area (Å²) in [6, 6.07) is 6.88. The number of carbonyl (C=O) groups is 2. The lowest BCUT2D eigenvalue weighted by Gasteiger charge is -2.16. The third-order valence-electron chi connectivity index (χ3n) is 4.35. The zero-order chi connectivity index (χ0) is 21.2. The first-order valence-electron chi connectivity index (χ1n) is 8.47. The van der Waals surface area contributed by atoms with Gasteiger partial charge >= 0.3 is 12.3 Å². The summed E-state index contributed by atoms with van der Waals surface area (Å²) in [4.78, 5) is 27.0. The molecule has 154 valence electrons. The summed E-state index contributed by atoms with van der Waals surface area (Å²) < 4.78 is 39.9. The number of anilines is 2. The van der Waals surface area contributed by atoms with Crippen molar-refractivity contribution in [3.05, 3.63) is 52.3 Å². The Morgan fingerprint density at radius 3 is 2.48 bits per heavy atom. The van der Waals surface area contributed by atoms with Crippen LogP contribution < -0.4 is 16.0 Å². The van der Waals surface area contributed by atoms with Crippen LogP contribution in [0, 0.1) is 0 Å². The van der Waals surface area contributed by atoms with E-state index in [1.54, 1.807) is 12.1 Å². The predicted octanol–water partition coefficient (Wildman–Crippen LogP) is 4.02. The van der Waals surface area contributed by atoms with Crippen LogP contribution in [0.1, 0.15) is 24.1 Å². The number of aromatic nitrogens is 1. The van der Waals surface area contributed by atoms with E-state index < -0.39 is 29.3 Å². The van der Waals surface area contributed by atoms with Crippen molar-refractivity contribution in [2.24, 2.45) is 0 Å². The van der Waals surface area contributed by atoms with Gasteiger partial charge in [-0.05, 0) is 43.2 Å². The van der Waals surface area contributed by atoms with Crippen molar-refractivity contribution in [1.82, 2.24) is 15.6 Å². The molecule has 0 atom stereocenters. The topological polar surface area (TPSA) is 103 Å². The molecule has 0 unspecified atom stereocenters. The Bertz CT molecular complexity index is 931. The summed E-state index contributed by atoms with van der Waals surface area (Å²) in [6.07, 6.45) is -3.58. The third kappa shape index (κ3) is 5.17. The van der Waals surface area contributed by atoms with E-state index in [1.165, 1.54) is 18.3 Å². The molecule has 1 aromatic heterocycles. The molecule has 0 spiro atoms. The van der Waals surface area contributed by atoms with Crippen molar-refractivity contribution in [3.63, 3.8) is 0 Å². The number of benzene rings is 1. The predicted molar refractivity (Wildman–Crippen MR) is 102 cm³/mol. The van der Waals surface area contributed by atoms with Crippen LogP contribution in [0.4, 0.5) is 29.3 Å². The highest BCUT2D eigenvalue weighted by atomic mass is 79.9. The first-order valence-corrected chi connectivity index (χ1v) is 9.26. The number of alkyl halides is 3. The van der Waals surface area contributed by atoms with Crippen molar-refractivity contribution in [2.45, 2.75) is 31.1 Å². The molecule has 7 nitrogen and oxygen atoms in total. The van der Waals surface area contributed by atoms with Gasteiger partial charge < -0.3 is 21.1 Å². The summed E-state index contributed by atoms with van der Waals surface area (Å²) in [6.45, 7) is 0.0637. The molecule has 1 aromatic carbocycles. The molecule has 11 heteroatoms. The van der Waals surface area contributed by atoms with Crippen molar-refractivity contribution in [2.75, 3.05) is 5.32 Å². The van der Waals surface area contributed by atoms with E-state index in [9.17, 15) is 22.8 Å². The molecule has 1 aliphatic carbocycles. The number of rotatable bonds is 6. The number of pyridine rings is 1. The van der Waals surface area contributed by atoms with E-state index in [-0.39, 0.29) is 12.2 Å². The van der Waals surface area contributed by atoms with Crippen LogP contribution in [0.5, 0.6) is 0 Å². The fourth-order valence-corrected chi connectivity index (χ4v) is 3.06. The van der Waals surface area contributed by atoms with Gasteiger partial charge in [0.2, 0.25) is 5.91 Å². The number of hydrogen-bond acceptors (Lipinski definition) is 4. The average Bonchev–Trinajstić information content (AvgIpc) is 3.41. The van der Waals surface area contributed by atoms with Crippen LogP contribution >= 0.6 is 15.9 Å². The molecule has 0 radical (unpaired) electrons. The second-order valence-corrected chi connectivity index (χ2v) is 7.46. The van der Waals surface area contributed by atoms with Crippen LogP contribution in [-0.2, 0) is 17.5 Å². The molecule has 1 aliphatic rings. The number of halogens is 4. The fourth-order valence-electron chi connectivity index (χ4n) is 2.70. The van der Waals surface area contributed by atoms with Gasteiger partial charge in [-0.25, -0.2) is 4.79 Å². The summed E-state index contributed by atoms with van der Waals surface area (Å²) in [5.74, 6) is -0.436. The smallest absolute Gasteiger partial charge is 0.418 e. The zero-order valence-corrected chi connectivity index (χ0v) is 16.4. The molecule has 2 amide bonds. The Labute approximate surface area is 171 Å². The molecule has 4 N–H and O–H groups in total. The number of nitrogens with one attached hydrogen (secondary N) is 3. The molecular weight excluding hydrogens is 457 g/mol. The van der Waals surface area contributed by atoms with Crippen LogP contribution in [0.25, 0.3) is 0 Å². The molecule has 1 fully saturated rings.